The van der Waals surface area contributed by atoms with Gasteiger partial charge in [0.25, 0.3) is 5.91 Å². The number of urea groups is 1. The van der Waals surface area contributed by atoms with Crippen molar-refractivity contribution in [1.29, 1.82) is 0 Å². The van der Waals surface area contributed by atoms with E-state index < -0.39 is 132 Å². The van der Waals surface area contributed by atoms with Crippen LogP contribution < -0.4 is 65.3 Å². The van der Waals surface area contributed by atoms with Gasteiger partial charge in [0.05, 0.1) is 19.5 Å². The van der Waals surface area contributed by atoms with E-state index in [2.05, 4.69) is 62.6 Å². The number of likely N-dealkylation sites (tertiary alicyclic amines) is 1. The molecule has 0 saturated carbocycles. The molecule has 2 aromatic carbocycles. The van der Waals surface area contributed by atoms with E-state index in [-0.39, 0.29) is 94.4 Å². The number of nitrogens with one attached hydrogen (secondary N) is 11. The van der Waals surface area contributed by atoms with E-state index in [1.807, 2.05) is 5.43 Å². The number of aromatic hydroxyl groups is 1. The molecule has 20 N–H and O–H groups in total. The van der Waals surface area contributed by atoms with Crippen LogP contribution in [0, 0.1) is 5.92 Å². The topological polar surface area (TPSA) is 498 Å². The molecule has 4 aromatic rings. The average molecular weight is 1270 g/mol. The number of carbonyl (C=O) groups excluding carboxylic acids is 11. The predicted molar refractivity (Wildman–Crippen MR) is 328 cm³/mol. The number of imidazole rings is 1. The Bertz CT molecular complexity index is 3250. The summed E-state index contributed by atoms with van der Waals surface area (Å²) in [7, 11) is 0. The molecule has 2 aliphatic heterocycles. The van der Waals surface area contributed by atoms with Crippen molar-refractivity contribution >= 4 is 82.0 Å². The van der Waals surface area contributed by atoms with Crippen molar-refractivity contribution in [2.75, 3.05) is 26.3 Å². The number of aliphatic hydroxyl groups is 2. The highest BCUT2D eigenvalue weighted by molar-refractivity contribution is 6.00. The maximum Gasteiger partial charge on any atom is 0.330 e. The van der Waals surface area contributed by atoms with Crippen LogP contribution in [0.4, 0.5) is 4.79 Å². The SMILES string of the molecule is CC(C)C[C@H](NC(=O)[C@@H](CO)N(C(=O)[C@H](Cc1ccc(O)cc1)NC(=O)[C@H](CO)NC(=O)[C@H](Cc1c[nH]c2ccccc12)NC(=O)[C@H](Cc1cnc[nH]1)NC(=O)[C@@H]1CCC(=O)N1)C(C)(C)C)C(=O)N[C@@H](CCCN=C(N)N)C(=O)N1CCC[C@H]1C(=O)NNC(N)=O. The molecule has 2 aromatic heterocycles. The number of primary amides is 1. The van der Waals surface area contributed by atoms with Gasteiger partial charge in [-0.3, -0.25) is 58.4 Å². The molecule has 2 fully saturated rings. The monoisotopic (exact) mass is 1270 g/mol. The third-order valence-electron chi connectivity index (χ3n) is 15.3. The van der Waals surface area contributed by atoms with Crippen LogP contribution in [0.5, 0.6) is 5.75 Å². The van der Waals surface area contributed by atoms with Gasteiger partial charge >= 0.3 is 6.03 Å². The lowest BCUT2D eigenvalue weighted by molar-refractivity contribution is -0.151. The second-order valence-electron chi connectivity index (χ2n) is 23.7. The summed E-state index contributed by atoms with van der Waals surface area (Å²) in [6, 6.07) is -1.20. The van der Waals surface area contributed by atoms with E-state index >= 15 is 4.79 Å². The number of rotatable bonds is 30. The minimum Gasteiger partial charge on any atom is -0.508 e. The standard InChI is InChI=1S/C59H84N18O14/c1-31(2)22-40(49(83)68-39(12-8-20-64-57(60)61)55(89)76-21-9-13-45(76)54(88)74-75-58(62)91)71-53(87)46(29-79)77(59(3,4)5)56(90)43(23-32-14-16-35(80)17-15-32)72-52(86)44(28-78)73-50(84)41(24-33-26-65-37-11-7-6-10-36(33)37)69-51(85)42(25-34-27-63-30-66-34)70-48(82)38-18-19-47(81)67-38/h6-7,10-11,14-17,26-27,30-31,38-46,65,78-80H,8-9,12-13,18-25,28-29H2,1-5H3,(H,63,66)(H,67,81)(H,68,83)(H,69,85)(H,70,82)(H,71,87)(H,72,86)(H,73,84)(H,74,88)(H4,60,61,64)(H3,62,75,91)/t38-,39-,40-,41-,42-,43-,44-,45-,46+/m0/s1. The summed E-state index contributed by atoms with van der Waals surface area (Å²) in [4.78, 5) is 169. The van der Waals surface area contributed by atoms with Crippen molar-refractivity contribution in [3.63, 3.8) is 0 Å². The number of aromatic nitrogens is 3. The smallest absolute Gasteiger partial charge is 0.330 e. The van der Waals surface area contributed by atoms with Gasteiger partial charge in [0.2, 0.25) is 53.2 Å². The molecule has 0 bridgehead atoms. The summed E-state index contributed by atoms with van der Waals surface area (Å²) in [5.41, 5.74) is 21.0. The van der Waals surface area contributed by atoms with E-state index in [0.29, 0.717) is 34.1 Å². The van der Waals surface area contributed by atoms with Gasteiger partial charge in [-0.2, -0.15) is 0 Å². The Balaban J connectivity index is 1.26. The van der Waals surface area contributed by atoms with Gasteiger partial charge < -0.3 is 89.5 Å². The first kappa shape index (κ1) is 70.2. The number of nitrogens with zero attached hydrogens (tertiary/aromatic N) is 4. The van der Waals surface area contributed by atoms with Crippen molar-refractivity contribution in [2.24, 2.45) is 28.1 Å². The quantitative estimate of drug-likeness (QED) is 0.0105. The molecule has 2 aliphatic rings. The lowest BCUT2D eigenvalue weighted by atomic mass is 9.96. The Hall–Kier alpha value is -9.85. The Morgan fingerprint density at radius 3 is 1.99 bits per heavy atom. The van der Waals surface area contributed by atoms with Crippen molar-refractivity contribution in [3.8, 4) is 5.75 Å². The number of guanidine groups is 1. The summed E-state index contributed by atoms with van der Waals surface area (Å²) in [6.07, 6.45) is 4.72. The van der Waals surface area contributed by atoms with Gasteiger partial charge in [0.1, 0.15) is 60.1 Å². The maximum absolute atomic E-state index is 15.4. The van der Waals surface area contributed by atoms with Crippen LogP contribution in [0.2, 0.25) is 0 Å². The van der Waals surface area contributed by atoms with E-state index in [9.17, 15) is 63.3 Å². The van der Waals surface area contributed by atoms with Crippen LogP contribution in [0.15, 0.2) is 72.2 Å². The molecule has 494 valence electrons. The summed E-state index contributed by atoms with van der Waals surface area (Å²) in [5, 5.41) is 51.3. The lowest BCUT2D eigenvalue weighted by Gasteiger charge is -2.42. The zero-order valence-corrected chi connectivity index (χ0v) is 51.4. The fraction of sp³-hybridized carbons (Fsp3) is 0.508. The van der Waals surface area contributed by atoms with E-state index in [0.717, 1.165) is 4.90 Å². The maximum atomic E-state index is 15.4. The van der Waals surface area contributed by atoms with Crippen LogP contribution >= 0.6 is 0 Å². The van der Waals surface area contributed by atoms with Crippen LogP contribution in [-0.2, 0) is 67.2 Å². The molecule has 0 unspecified atom stereocenters. The number of aliphatic imine (C=N–C) groups is 1. The van der Waals surface area contributed by atoms with Crippen molar-refractivity contribution < 1.29 is 68.1 Å². The summed E-state index contributed by atoms with van der Waals surface area (Å²) in [5.74, 6) is -8.85. The zero-order valence-electron chi connectivity index (χ0n) is 51.4. The second kappa shape index (κ2) is 32.6. The number of phenolic OH excluding ortho intramolecular Hbond substituents is 1. The molecule has 12 amide bonds. The normalized spacial score (nSPS) is 17.0. The molecular formula is C59H84N18O14. The Morgan fingerprint density at radius 1 is 0.736 bits per heavy atom. The molecule has 0 spiro atoms. The minimum absolute atomic E-state index is 0.0363. The molecule has 4 heterocycles. The minimum atomic E-state index is -1.83. The van der Waals surface area contributed by atoms with Gasteiger partial charge in [-0.1, -0.05) is 44.2 Å². The highest BCUT2D eigenvalue weighted by Crippen LogP contribution is 2.25. The largest absolute Gasteiger partial charge is 0.508 e. The molecule has 6 rings (SSSR count). The number of hydrogen-bond donors (Lipinski definition) is 17. The third kappa shape index (κ3) is 20.1. The number of H-pyrrole nitrogens is 2. The van der Waals surface area contributed by atoms with Crippen molar-refractivity contribution in [1.82, 2.24) is 72.8 Å². The fourth-order valence-corrected chi connectivity index (χ4v) is 10.8. The van der Waals surface area contributed by atoms with E-state index in [4.69, 9.17) is 17.2 Å². The Labute approximate surface area is 524 Å². The molecule has 9 atom stereocenters. The first-order valence-electron chi connectivity index (χ1n) is 29.9. The predicted octanol–water partition coefficient (Wildman–Crippen LogP) is -3.42. The summed E-state index contributed by atoms with van der Waals surface area (Å²) in [6.45, 7) is 6.20. The number of carbonyl (C=O) groups is 11. The van der Waals surface area contributed by atoms with Gasteiger partial charge in [-0.05, 0) is 94.5 Å². The van der Waals surface area contributed by atoms with Crippen LogP contribution in [0.3, 0.4) is 0 Å². The highest BCUT2D eigenvalue weighted by atomic mass is 16.3. The average Bonchev–Trinajstić information content (AvgIpc) is 1.01. The lowest BCUT2D eigenvalue weighted by Crippen LogP contribution is -2.65. The molecule has 2 saturated heterocycles. The van der Waals surface area contributed by atoms with Gasteiger partial charge in [0.15, 0.2) is 5.96 Å². The molecule has 0 aliphatic carbocycles. The molecule has 0 radical (unpaired) electrons. The fourth-order valence-electron chi connectivity index (χ4n) is 10.8. The van der Waals surface area contributed by atoms with Crippen molar-refractivity contribution in [2.45, 2.75) is 159 Å². The van der Waals surface area contributed by atoms with Gasteiger partial charge in [-0.15, -0.1) is 0 Å². The number of amides is 12. The first-order valence-corrected chi connectivity index (χ1v) is 29.9. The molecule has 91 heavy (non-hydrogen) atoms. The number of phenols is 1. The Morgan fingerprint density at radius 2 is 1.37 bits per heavy atom. The molecule has 32 heteroatoms. The zero-order chi connectivity index (χ0) is 66.7. The molecule has 32 nitrogen and oxygen atoms in total. The number of hydrazine groups is 1. The number of benzene rings is 2. The number of nitrogens with two attached hydrogens (primary N) is 3. The highest BCUT2D eigenvalue weighted by Gasteiger charge is 2.44. The van der Waals surface area contributed by atoms with Gasteiger partial charge in [0, 0.05) is 73.3 Å². The Kier molecular flexibility index (Phi) is 25.1. The second-order valence-corrected chi connectivity index (χ2v) is 23.7. The van der Waals surface area contributed by atoms with Crippen LogP contribution in [0.1, 0.15) is 96.4 Å². The van der Waals surface area contributed by atoms with Crippen LogP contribution in [0.25, 0.3) is 10.9 Å². The number of hydrogen-bond acceptors (Lipinski definition) is 16. The number of para-hydroxylation sites is 1. The van der Waals surface area contributed by atoms with Crippen LogP contribution in [-0.4, -0.2) is 197 Å². The summed E-state index contributed by atoms with van der Waals surface area (Å²) < 4.78 is 0. The summed E-state index contributed by atoms with van der Waals surface area (Å²) >= 11 is 0. The van der Waals surface area contributed by atoms with E-state index in [1.165, 1.54) is 41.7 Å². The third-order valence-corrected chi connectivity index (χ3v) is 15.3. The van der Waals surface area contributed by atoms with E-state index in [1.54, 1.807) is 65.1 Å². The number of fused-ring (bicyclic) bond motifs is 1. The van der Waals surface area contributed by atoms with Crippen molar-refractivity contribution in [3.05, 3.63) is 84.1 Å². The van der Waals surface area contributed by atoms with Gasteiger partial charge in [-0.25, -0.2) is 15.2 Å². The number of aromatic amines is 2. The molecular weight excluding hydrogens is 1180 g/mol. The number of aliphatic hydroxyl groups excluding tert-OH is 2. The first-order chi connectivity index (χ1) is 43.2.